The maximum absolute atomic E-state index is 12.4. The van der Waals surface area contributed by atoms with Gasteiger partial charge in [-0.05, 0) is 50.9 Å². The van der Waals surface area contributed by atoms with Crippen LogP contribution < -0.4 is 14.8 Å². The number of hydrogen-bond acceptors (Lipinski definition) is 5. The summed E-state index contributed by atoms with van der Waals surface area (Å²) in [6, 6.07) is 4.76. The van der Waals surface area contributed by atoms with Crippen molar-refractivity contribution in [1.29, 1.82) is 0 Å². The number of aliphatic carboxylic acids is 1. The highest BCUT2D eigenvalue weighted by Crippen LogP contribution is 2.30. The first-order valence-electron chi connectivity index (χ1n) is 9.03. The van der Waals surface area contributed by atoms with Gasteiger partial charge in [-0.1, -0.05) is 12.5 Å². The lowest BCUT2D eigenvalue weighted by molar-refractivity contribution is -0.145. The maximum atomic E-state index is 12.4. The molecule has 26 heavy (non-hydrogen) atoms. The fourth-order valence-electron chi connectivity index (χ4n) is 3.24. The molecule has 0 spiro atoms. The predicted octanol–water partition coefficient (Wildman–Crippen LogP) is 2.21. The highest BCUT2D eigenvalue weighted by atomic mass is 16.5. The van der Waals surface area contributed by atoms with Crippen molar-refractivity contribution >= 4 is 11.9 Å². The van der Waals surface area contributed by atoms with E-state index >= 15 is 0 Å². The van der Waals surface area contributed by atoms with Gasteiger partial charge in [0.25, 0.3) is 0 Å². The Hall–Kier alpha value is -2.28. The summed E-state index contributed by atoms with van der Waals surface area (Å²) >= 11 is 0. The molecule has 2 N–H and O–H groups in total. The summed E-state index contributed by atoms with van der Waals surface area (Å²) in [7, 11) is 1.58. The second kappa shape index (κ2) is 9.43. The first kappa shape index (κ1) is 20.0. The molecule has 1 aromatic carbocycles. The molecule has 1 saturated heterocycles. The molecular weight excluding hydrogens is 336 g/mol. The monoisotopic (exact) mass is 364 g/mol. The van der Waals surface area contributed by atoms with Crippen molar-refractivity contribution in [3.8, 4) is 11.5 Å². The van der Waals surface area contributed by atoms with Crippen molar-refractivity contribution in [3.05, 3.63) is 23.8 Å². The molecule has 1 amide bonds. The molecule has 0 saturated carbocycles. The molecule has 7 nitrogen and oxygen atoms in total. The third-order valence-corrected chi connectivity index (χ3v) is 4.61. The van der Waals surface area contributed by atoms with Crippen molar-refractivity contribution in [2.24, 2.45) is 0 Å². The molecule has 2 atom stereocenters. The van der Waals surface area contributed by atoms with Crippen LogP contribution >= 0.6 is 0 Å². The lowest BCUT2D eigenvalue weighted by Crippen LogP contribution is -2.49. The van der Waals surface area contributed by atoms with Crippen LogP contribution in [0.1, 0.15) is 44.7 Å². The Labute approximate surface area is 154 Å². The van der Waals surface area contributed by atoms with Crippen LogP contribution in [-0.4, -0.2) is 54.7 Å². The van der Waals surface area contributed by atoms with Crippen LogP contribution in [0.3, 0.4) is 0 Å². The number of ether oxygens (including phenoxy) is 2. The van der Waals surface area contributed by atoms with Crippen molar-refractivity contribution in [1.82, 2.24) is 10.2 Å². The zero-order valence-corrected chi connectivity index (χ0v) is 15.7. The standard InChI is InChI=1S/C19H28N2O5/c1-4-26-16-9-8-14(11-17(16)25-3)13(2)20-18(22)12-21-10-6-5-7-15(21)19(23)24/h8-9,11,13,15H,4-7,10,12H2,1-3H3,(H,20,22)(H,23,24). The third-order valence-electron chi connectivity index (χ3n) is 4.61. The number of piperidine rings is 1. The van der Waals surface area contributed by atoms with Gasteiger partial charge in [0.2, 0.25) is 5.91 Å². The fourth-order valence-corrected chi connectivity index (χ4v) is 3.24. The average molecular weight is 364 g/mol. The number of methoxy groups -OCH3 is 1. The fraction of sp³-hybridized carbons (Fsp3) is 0.579. The largest absolute Gasteiger partial charge is 0.493 e. The van der Waals surface area contributed by atoms with E-state index < -0.39 is 12.0 Å². The number of amides is 1. The van der Waals surface area contributed by atoms with E-state index in [2.05, 4.69) is 5.32 Å². The topological polar surface area (TPSA) is 88.1 Å². The molecule has 7 heteroatoms. The van der Waals surface area contributed by atoms with Crippen LogP contribution in [0.15, 0.2) is 18.2 Å². The second-order valence-corrected chi connectivity index (χ2v) is 6.45. The molecule has 144 valence electrons. The molecule has 2 rings (SSSR count). The highest BCUT2D eigenvalue weighted by molar-refractivity contribution is 5.80. The average Bonchev–Trinajstić information content (AvgIpc) is 2.62. The Morgan fingerprint density at radius 1 is 1.35 bits per heavy atom. The molecular formula is C19H28N2O5. The number of carbonyl (C=O) groups excluding carboxylic acids is 1. The van der Waals surface area contributed by atoms with Gasteiger partial charge in [-0.3, -0.25) is 14.5 Å². The van der Waals surface area contributed by atoms with E-state index in [1.54, 1.807) is 12.0 Å². The number of likely N-dealkylation sites (tertiary alicyclic amines) is 1. The molecule has 1 heterocycles. The SMILES string of the molecule is CCOc1ccc(C(C)NC(=O)CN2CCCCC2C(=O)O)cc1OC. The van der Waals surface area contributed by atoms with Crippen LogP contribution in [0, 0.1) is 0 Å². The summed E-state index contributed by atoms with van der Waals surface area (Å²) in [6.07, 6.45) is 2.40. The number of hydrogen-bond donors (Lipinski definition) is 2. The van der Waals surface area contributed by atoms with E-state index in [-0.39, 0.29) is 18.5 Å². The summed E-state index contributed by atoms with van der Waals surface area (Å²) in [5.41, 5.74) is 0.895. The number of carboxylic acids is 1. The maximum Gasteiger partial charge on any atom is 0.320 e. The normalized spacial score (nSPS) is 18.8. The minimum absolute atomic E-state index is 0.0927. The van der Waals surface area contributed by atoms with E-state index in [4.69, 9.17) is 9.47 Å². The van der Waals surface area contributed by atoms with Crippen molar-refractivity contribution in [3.63, 3.8) is 0 Å². The molecule has 0 bridgehead atoms. The molecule has 0 aliphatic carbocycles. The number of nitrogens with one attached hydrogen (secondary N) is 1. The summed E-state index contributed by atoms with van der Waals surface area (Å²) in [5.74, 6) is 0.239. The van der Waals surface area contributed by atoms with Crippen molar-refractivity contribution in [2.75, 3.05) is 26.8 Å². The predicted molar refractivity (Wildman–Crippen MR) is 97.6 cm³/mol. The van der Waals surface area contributed by atoms with E-state index in [1.807, 2.05) is 32.0 Å². The number of nitrogens with zero attached hydrogens (tertiary/aromatic N) is 1. The number of benzene rings is 1. The molecule has 1 aliphatic heterocycles. The Morgan fingerprint density at radius 3 is 2.77 bits per heavy atom. The Morgan fingerprint density at radius 2 is 2.12 bits per heavy atom. The van der Waals surface area contributed by atoms with Gasteiger partial charge in [0.1, 0.15) is 6.04 Å². The molecule has 1 aromatic rings. The van der Waals surface area contributed by atoms with Crippen LogP contribution in [0.25, 0.3) is 0 Å². The first-order valence-corrected chi connectivity index (χ1v) is 9.03. The van der Waals surface area contributed by atoms with Crippen molar-refractivity contribution in [2.45, 2.75) is 45.2 Å². The number of carboxylic acid groups (broad SMARTS) is 1. The van der Waals surface area contributed by atoms with Gasteiger partial charge >= 0.3 is 5.97 Å². The van der Waals surface area contributed by atoms with Gasteiger partial charge in [0, 0.05) is 0 Å². The van der Waals surface area contributed by atoms with E-state index in [0.29, 0.717) is 31.1 Å². The smallest absolute Gasteiger partial charge is 0.320 e. The first-order chi connectivity index (χ1) is 12.5. The van der Waals surface area contributed by atoms with Crippen LogP contribution in [0.2, 0.25) is 0 Å². The lowest BCUT2D eigenvalue weighted by Gasteiger charge is -2.32. The molecule has 1 fully saturated rings. The summed E-state index contributed by atoms with van der Waals surface area (Å²) in [5, 5.41) is 12.2. The van der Waals surface area contributed by atoms with Gasteiger partial charge < -0.3 is 19.9 Å². The zero-order valence-electron chi connectivity index (χ0n) is 15.7. The van der Waals surface area contributed by atoms with Crippen LogP contribution in [0.5, 0.6) is 11.5 Å². The van der Waals surface area contributed by atoms with E-state index in [0.717, 1.165) is 18.4 Å². The van der Waals surface area contributed by atoms with Gasteiger partial charge in [-0.15, -0.1) is 0 Å². The van der Waals surface area contributed by atoms with E-state index in [1.165, 1.54) is 0 Å². The van der Waals surface area contributed by atoms with Gasteiger partial charge in [0.05, 0.1) is 26.3 Å². The number of carbonyl (C=O) groups is 2. The molecule has 2 unspecified atom stereocenters. The quantitative estimate of drug-likeness (QED) is 0.735. The Balaban J connectivity index is 1.99. The van der Waals surface area contributed by atoms with Crippen LogP contribution in [0.4, 0.5) is 0 Å². The summed E-state index contributed by atoms with van der Waals surface area (Å²) in [6.45, 7) is 5.06. The van der Waals surface area contributed by atoms with Gasteiger partial charge in [-0.2, -0.15) is 0 Å². The summed E-state index contributed by atoms with van der Waals surface area (Å²) in [4.78, 5) is 25.5. The highest BCUT2D eigenvalue weighted by Gasteiger charge is 2.29. The van der Waals surface area contributed by atoms with Crippen LogP contribution in [-0.2, 0) is 9.59 Å². The molecule has 0 aromatic heterocycles. The Bertz CT molecular complexity index is 634. The molecule has 0 radical (unpaired) electrons. The summed E-state index contributed by atoms with van der Waals surface area (Å²) < 4.78 is 10.8. The van der Waals surface area contributed by atoms with Gasteiger partial charge in [-0.25, -0.2) is 0 Å². The zero-order chi connectivity index (χ0) is 19.1. The van der Waals surface area contributed by atoms with Crippen molar-refractivity contribution < 1.29 is 24.2 Å². The second-order valence-electron chi connectivity index (χ2n) is 6.45. The Kier molecular flexibility index (Phi) is 7.26. The molecule has 1 aliphatic rings. The minimum Gasteiger partial charge on any atom is -0.493 e. The number of rotatable bonds is 8. The van der Waals surface area contributed by atoms with Gasteiger partial charge in [0.15, 0.2) is 11.5 Å². The lowest BCUT2D eigenvalue weighted by atomic mass is 10.0. The third kappa shape index (κ3) is 5.11. The minimum atomic E-state index is -0.859. The van der Waals surface area contributed by atoms with E-state index in [9.17, 15) is 14.7 Å².